The van der Waals surface area contributed by atoms with Crippen molar-refractivity contribution in [3.05, 3.63) is 41.0 Å². The lowest BCUT2D eigenvalue weighted by atomic mass is 10.1. The molecule has 1 unspecified atom stereocenters. The summed E-state index contributed by atoms with van der Waals surface area (Å²) >= 11 is 5.82. The van der Waals surface area contributed by atoms with Crippen LogP contribution in [0.2, 0.25) is 5.02 Å². The van der Waals surface area contributed by atoms with Crippen LogP contribution in [0.1, 0.15) is 24.3 Å². The highest BCUT2D eigenvalue weighted by molar-refractivity contribution is 6.30. The fourth-order valence-corrected chi connectivity index (χ4v) is 1.92. The van der Waals surface area contributed by atoms with Crippen molar-refractivity contribution in [2.75, 3.05) is 6.54 Å². The fourth-order valence-electron chi connectivity index (χ4n) is 1.80. The summed E-state index contributed by atoms with van der Waals surface area (Å²) < 4.78 is 5.15. The zero-order valence-corrected chi connectivity index (χ0v) is 13.0. The molecule has 6 nitrogen and oxygen atoms in total. The quantitative estimate of drug-likeness (QED) is 0.884. The summed E-state index contributed by atoms with van der Waals surface area (Å²) in [7, 11) is 0. The molecule has 0 aliphatic heterocycles. The van der Waals surface area contributed by atoms with Crippen LogP contribution in [-0.4, -0.2) is 29.6 Å². The summed E-state index contributed by atoms with van der Waals surface area (Å²) in [5.74, 6) is -0.271. The lowest BCUT2D eigenvalue weighted by Crippen LogP contribution is -2.44. The summed E-state index contributed by atoms with van der Waals surface area (Å²) in [4.78, 5) is 23.6. The van der Waals surface area contributed by atoms with Crippen LogP contribution in [0.5, 0.6) is 0 Å². The van der Waals surface area contributed by atoms with Gasteiger partial charge in [0, 0.05) is 23.2 Å². The highest BCUT2D eigenvalue weighted by Gasteiger charge is 2.19. The Kier molecular flexibility index (Phi) is 5.16. The van der Waals surface area contributed by atoms with Crippen molar-refractivity contribution in [2.24, 2.45) is 0 Å². The second-order valence-electron chi connectivity index (χ2n) is 4.67. The maximum Gasteiger partial charge on any atom is 0.274 e. The van der Waals surface area contributed by atoms with Crippen molar-refractivity contribution in [1.29, 1.82) is 0 Å². The summed E-state index contributed by atoms with van der Waals surface area (Å²) in [6.45, 7) is 3.91. The lowest BCUT2D eigenvalue weighted by molar-refractivity contribution is -0.122. The molecule has 2 rings (SSSR count). The first kappa shape index (κ1) is 16.0. The number of amides is 2. The average Bonchev–Trinajstić information content (AvgIpc) is 2.98. The number of carbonyl (C=O) groups is 2. The number of hydrogen-bond acceptors (Lipinski definition) is 4. The minimum absolute atomic E-state index is 0.112. The second-order valence-corrected chi connectivity index (χ2v) is 5.11. The molecule has 1 aromatic heterocycles. The van der Waals surface area contributed by atoms with E-state index in [0.29, 0.717) is 17.3 Å². The van der Waals surface area contributed by atoms with Crippen molar-refractivity contribution in [3.63, 3.8) is 0 Å². The van der Waals surface area contributed by atoms with Gasteiger partial charge in [0.25, 0.3) is 5.91 Å². The Labute approximate surface area is 132 Å². The van der Waals surface area contributed by atoms with E-state index in [1.54, 1.807) is 31.2 Å². The number of nitrogens with zero attached hydrogens (tertiary/aromatic N) is 1. The number of likely N-dealkylation sites (N-methyl/N-ethyl adjacent to an activating group) is 1. The van der Waals surface area contributed by atoms with Gasteiger partial charge in [-0.15, -0.1) is 0 Å². The molecule has 2 amide bonds. The van der Waals surface area contributed by atoms with Gasteiger partial charge in [0.05, 0.1) is 0 Å². The van der Waals surface area contributed by atoms with Crippen molar-refractivity contribution in [3.8, 4) is 11.3 Å². The van der Waals surface area contributed by atoms with Crippen LogP contribution >= 0.6 is 11.6 Å². The van der Waals surface area contributed by atoms with E-state index < -0.39 is 11.9 Å². The number of hydrogen-bond donors (Lipinski definition) is 2. The molecule has 116 valence electrons. The summed E-state index contributed by atoms with van der Waals surface area (Å²) in [6, 6.07) is 7.84. The van der Waals surface area contributed by atoms with Gasteiger partial charge < -0.3 is 15.2 Å². The number of nitrogens with one attached hydrogen (secondary N) is 2. The maximum atomic E-state index is 12.0. The SMILES string of the molecule is CCNC(=O)C(C)NC(=O)c1cc(-c2ccc(Cl)cc2)on1. The van der Waals surface area contributed by atoms with Gasteiger partial charge in [-0.2, -0.15) is 0 Å². The van der Waals surface area contributed by atoms with Crippen molar-refractivity contribution in [1.82, 2.24) is 15.8 Å². The zero-order valence-electron chi connectivity index (χ0n) is 12.2. The zero-order chi connectivity index (χ0) is 16.1. The van der Waals surface area contributed by atoms with Gasteiger partial charge in [0.15, 0.2) is 11.5 Å². The molecule has 0 aliphatic rings. The third-order valence-corrected chi connectivity index (χ3v) is 3.22. The molecule has 2 N–H and O–H groups in total. The monoisotopic (exact) mass is 321 g/mol. The number of benzene rings is 1. The molecule has 2 aromatic rings. The average molecular weight is 322 g/mol. The highest BCUT2D eigenvalue weighted by Crippen LogP contribution is 2.22. The first-order valence-corrected chi connectivity index (χ1v) is 7.20. The van der Waals surface area contributed by atoms with E-state index >= 15 is 0 Å². The van der Waals surface area contributed by atoms with Gasteiger partial charge in [-0.1, -0.05) is 16.8 Å². The van der Waals surface area contributed by atoms with E-state index in [4.69, 9.17) is 16.1 Å². The molecular formula is C15H16ClN3O3. The second kappa shape index (κ2) is 7.09. The molecule has 22 heavy (non-hydrogen) atoms. The largest absolute Gasteiger partial charge is 0.355 e. The van der Waals surface area contributed by atoms with Gasteiger partial charge in [0.2, 0.25) is 5.91 Å². The maximum absolute atomic E-state index is 12.0. The molecule has 0 radical (unpaired) electrons. The van der Waals surface area contributed by atoms with Gasteiger partial charge in [-0.3, -0.25) is 9.59 Å². The van der Waals surface area contributed by atoms with Crippen molar-refractivity contribution >= 4 is 23.4 Å². The Hall–Kier alpha value is -2.34. The van der Waals surface area contributed by atoms with Gasteiger partial charge >= 0.3 is 0 Å². The van der Waals surface area contributed by atoms with Gasteiger partial charge in [-0.05, 0) is 38.1 Å². The van der Waals surface area contributed by atoms with E-state index in [2.05, 4.69) is 15.8 Å². The summed E-state index contributed by atoms with van der Waals surface area (Å²) in [5, 5.41) is 9.52. The van der Waals surface area contributed by atoms with Crippen molar-refractivity contribution in [2.45, 2.75) is 19.9 Å². The Bertz CT molecular complexity index is 667. The molecule has 0 spiro atoms. The standard InChI is InChI=1S/C15H16ClN3O3/c1-3-17-14(20)9(2)18-15(21)12-8-13(22-19-12)10-4-6-11(16)7-5-10/h4-9H,3H2,1-2H3,(H,17,20)(H,18,21). The minimum atomic E-state index is -0.650. The molecule has 0 fully saturated rings. The molecule has 1 aromatic carbocycles. The predicted octanol–water partition coefficient (Wildman–Crippen LogP) is 2.25. The molecule has 7 heteroatoms. The number of aromatic nitrogens is 1. The lowest BCUT2D eigenvalue weighted by Gasteiger charge is -2.11. The van der Waals surface area contributed by atoms with Gasteiger partial charge in [0.1, 0.15) is 6.04 Å². The highest BCUT2D eigenvalue weighted by atomic mass is 35.5. The van der Waals surface area contributed by atoms with Crippen LogP contribution in [0, 0.1) is 0 Å². The molecule has 0 bridgehead atoms. The molecule has 1 atom stereocenters. The van der Waals surface area contributed by atoms with E-state index in [9.17, 15) is 9.59 Å². The Morgan fingerprint density at radius 1 is 1.32 bits per heavy atom. The first-order valence-electron chi connectivity index (χ1n) is 6.82. The predicted molar refractivity (Wildman–Crippen MR) is 82.6 cm³/mol. The van der Waals surface area contributed by atoms with Crippen LogP contribution in [0.4, 0.5) is 0 Å². The molecule has 1 heterocycles. The van der Waals surface area contributed by atoms with Crippen molar-refractivity contribution < 1.29 is 14.1 Å². The molecule has 0 saturated carbocycles. The van der Waals surface area contributed by atoms with Crippen LogP contribution in [0.15, 0.2) is 34.9 Å². The first-order chi connectivity index (χ1) is 10.5. The molecule has 0 saturated heterocycles. The normalized spacial score (nSPS) is 11.8. The van der Waals surface area contributed by atoms with Crippen LogP contribution in [0.25, 0.3) is 11.3 Å². The molecular weight excluding hydrogens is 306 g/mol. The smallest absolute Gasteiger partial charge is 0.274 e. The number of rotatable bonds is 5. The van der Waals surface area contributed by atoms with E-state index in [0.717, 1.165) is 5.56 Å². The number of carbonyl (C=O) groups excluding carboxylic acids is 2. The van der Waals surface area contributed by atoms with Crippen LogP contribution < -0.4 is 10.6 Å². The molecule has 0 aliphatic carbocycles. The Morgan fingerprint density at radius 2 is 2.00 bits per heavy atom. The third-order valence-electron chi connectivity index (χ3n) is 2.96. The summed E-state index contributed by atoms with van der Waals surface area (Å²) in [6.07, 6.45) is 0. The van der Waals surface area contributed by atoms with Crippen LogP contribution in [0.3, 0.4) is 0 Å². The van der Waals surface area contributed by atoms with Gasteiger partial charge in [-0.25, -0.2) is 0 Å². The third kappa shape index (κ3) is 3.85. The van der Waals surface area contributed by atoms with E-state index in [1.165, 1.54) is 6.07 Å². The Morgan fingerprint density at radius 3 is 2.64 bits per heavy atom. The van der Waals surface area contributed by atoms with E-state index in [1.807, 2.05) is 6.92 Å². The fraction of sp³-hybridized carbons (Fsp3) is 0.267. The summed E-state index contributed by atoms with van der Waals surface area (Å²) in [5.41, 5.74) is 0.869. The number of halogens is 1. The Balaban J connectivity index is 2.06. The van der Waals surface area contributed by atoms with E-state index in [-0.39, 0.29) is 11.6 Å². The minimum Gasteiger partial charge on any atom is -0.355 e. The van der Waals surface area contributed by atoms with Crippen LogP contribution in [-0.2, 0) is 4.79 Å². The topological polar surface area (TPSA) is 84.2 Å².